The van der Waals surface area contributed by atoms with Crippen LogP contribution in [-0.4, -0.2) is 29.6 Å². The SMILES string of the molecule is CCn1nc(-c2ccc(OCc3ccccc3-n3nnn(C)c3=O)c(C)c2)c(C)c1C#N. The van der Waals surface area contributed by atoms with Gasteiger partial charge < -0.3 is 4.74 Å². The van der Waals surface area contributed by atoms with Gasteiger partial charge in [-0.1, -0.05) is 18.2 Å². The highest BCUT2D eigenvalue weighted by atomic mass is 16.5. The molecule has 0 spiro atoms. The zero-order valence-corrected chi connectivity index (χ0v) is 18.4. The fourth-order valence-corrected chi connectivity index (χ4v) is 3.61. The molecule has 0 atom stereocenters. The Morgan fingerprint density at radius 3 is 2.53 bits per heavy atom. The maximum Gasteiger partial charge on any atom is 0.368 e. The van der Waals surface area contributed by atoms with Crippen LogP contribution < -0.4 is 10.4 Å². The van der Waals surface area contributed by atoms with Crippen LogP contribution in [0.3, 0.4) is 0 Å². The van der Waals surface area contributed by atoms with Gasteiger partial charge >= 0.3 is 5.69 Å². The highest BCUT2D eigenvalue weighted by Crippen LogP contribution is 2.29. The summed E-state index contributed by atoms with van der Waals surface area (Å²) in [5, 5.41) is 21.7. The molecule has 0 N–H and O–H groups in total. The lowest BCUT2D eigenvalue weighted by Crippen LogP contribution is -2.23. The molecule has 32 heavy (non-hydrogen) atoms. The molecule has 2 aromatic heterocycles. The van der Waals surface area contributed by atoms with Crippen LogP contribution in [0, 0.1) is 25.2 Å². The van der Waals surface area contributed by atoms with Crippen LogP contribution >= 0.6 is 0 Å². The molecular formula is C23H23N7O2. The first kappa shape index (κ1) is 21.1. The number of ether oxygens (including phenoxy) is 1. The van der Waals surface area contributed by atoms with E-state index in [1.54, 1.807) is 11.7 Å². The van der Waals surface area contributed by atoms with Gasteiger partial charge in [0.05, 0.1) is 11.4 Å². The average Bonchev–Trinajstić information content (AvgIpc) is 3.31. The summed E-state index contributed by atoms with van der Waals surface area (Å²) in [4.78, 5) is 12.3. The van der Waals surface area contributed by atoms with Crippen molar-refractivity contribution in [2.45, 2.75) is 33.9 Å². The zero-order valence-electron chi connectivity index (χ0n) is 18.4. The van der Waals surface area contributed by atoms with Gasteiger partial charge in [0.2, 0.25) is 0 Å². The summed E-state index contributed by atoms with van der Waals surface area (Å²) >= 11 is 0. The van der Waals surface area contributed by atoms with E-state index in [9.17, 15) is 10.1 Å². The normalized spacial score (nSPS) is 10.8. The number of nitrogens with zero attached hydrogens (tertiary/aromatic N) is 7. The predicted octanol–water partition coefficient (Wildman–Crippen LogP) is 2.92. The van der Waals surface area contributed by atoms with Gasteiger partial charge in [-0.2, -0.15) is 19.7 Å². The maximum absolute atomic E-state index is 12.3. The van der Waals surface area contributed by atoms with Crippen molar-refractivity contribution in [2.75, 3.05) is 0 Å². The minimum Gasteiger partial charge on any atom is -0.489 e. The predicted molar refractivity (Wildman–Crippen MR) is 118 cm³/mol. The fraction of sp³-hybridized carbons (Fsp3) is 0.261. The van der Waals surface area contributed by atoms with Crippen molar-refractivity contribution in [1.82, 2.24) is 29.6 Å². The molecule has 0 aliphatic rings. The topological polar surface area (TPSA) is 104 Å². The van der Waals surface area contributed by atoms with Crippen molar-refractivity contribution >= 4 is 0 Å². The van der Waals surface area contributed by atoms with Crippen LogP contribution in [0.15, 0.2) is 47.3 Å². The highest BCUT2D eigenvalue weighted by molar-refractivity contribution is 5.67. The van der Waals surface area contributed by atoms with E-state index < -0.39 is 0 Å². The van der Waals surface area contributed by atoms with Crippen molar-refractivity contribution in [2.24, 2.45) is 7.05 Å². The average molecular weight is 429 g/mol. The van der Waals surface area contributed by atoms with Crippen LogP contribution in [0.2, 0.25) is 0 Å². The summed E-state index contributed by atoms with van der Waals surface area (Å²) in [6.45, 7) is 6.75. The van der Waals surface area contributed by atoms with E-state index >= 15 is 0 Å². The summed E-state index contributed by atoms with van der Waals surface area (Å²) in [5.74, 6) is 0.725. The first-order valence-electron chi connectivity index (χ1n) is 10.2. The zero-order chi connectivity index (χ0) is 22.8. The Morgan fingerprint density at radius 1 is 1.12 bits per heavy atom. The van der Waals surface area contributed by atoms with Crippen LogP contribution in [0.4, 0.5) is 0 Å². The summed E-state index contributed by atoms with van der Waals surface area (Å²) < 4.78 is 10.2. The van der Waals surface area contributed by atoms with Gasteiger partial charge in [0.15, 0.2) is 0 Å². The summed E-state index contributed by atoms with van der Waals surface area (Å²) in [6, 6.07) is 15.5. The Kier molecular flexibility index (Phi) is 5.60. The Bertz CT molecular complexity index is 1390. The molecule has 9 nitrogen and oxygen atoms in total. The van der Waals surface area contributed by atoms with Gasteiger partial charge in [-0.3, -0.25) is 4.68 Å². The molecule has 0 unspecified atom stereocenters. The second-order valence-corrected chi connectivity index (χ2v) is 7.44. The maximum atomic E-state index is 12.3. The molecule has 0 fully saturated rings. The molecule has 0 aliphatic heterocycles. The van der Waals surface area contributed by atoms with Crippen LogP contribution in [-0.2, 0) is 20.2 Å². The molecule has 0 bridgehead atoms. The van der Waals surface area contributed by atoms with Crippen molar-refractivity contribution in [3.63, 3.8) is 0 Å². The standard InChI is InChI=1S/C23H23N7O2/c1-5-29-20(13-24)16(3)22(25-29)17-10-11-21(15(2)12-17)32-14-18-8-6-7-9-19(18)30-23(31)28(4)26-27-30/h6-12H,5,14H2,1-4H3. The van der Waals surface area contributed by atoms with E-state index in [-0.39, 0.29) is 12.3 Å². The lowest BCUT2D eigenvalue weighted by atomic mass is 10.0. The monoisotopic (exact) mass is 429 g/mol. The number of benzene rings is 2. The number of rotatable bonds is 6. The Hall–Kier alpha value is -4.19. The van der Waals surface area contributed by atoms with Crippen molar-refractivity contribution < 1.29 is 4.74 Å². The third-order valence-corrected chi connectivity index (χ3v) is 5.37. The molecule has 9 heteroatoms. The van der Waals surface area contributed by atoms with Gasteiger partial charge in [0.1, 0.15) is 24.1 Å². The van der Waals surface area contributed by atoms with Crippen molar-refractivity contribution in [3.05, 3.63) is 75.3 Å². The van der Waals surface area contributed by atoms with E-state index in [1.165, 1.54) is 9.36 Å². The molecule has 0 saturated carbocycles. The van der Waals surface area contributed by atoms with E-state index in [2.05, 4.69) is 21.6 Å². The molecular weight excluding hydrogens is 406 g/mol. The first-order valence-corrected chi connectivity index (χ1v) is 10.2. The lowest BCUT2D eigenvalue weighted by molar-refractivity contribution is 0.303. The number of hydrogen-bond donors (Lipinski definition) is 0. The highest BCUT2D eigenvalue weighted by Gasteiger charge is 2.16. The molecule has 2 aromatic carbocycles. The molecule has 4 rings (SSSR count). The molecule has 4 aromatic rings. The molecule has 162 valence electrons. The number of aryl methyl sites for hydroxylation is 3. The van der Waals surface area contributed by atoms with Gasteiger partial charge in [-0.15, -0.1) is 0 Å². The minimum absolute atomic E-state index is 0.265. The van der Waals surface area contributed by atoms with E-state index in [0.717, 1.165) is 33.7 Å². The van der Waals surface area contributed by atoms with Crippen molar-refractivity contribution in [1.29, 1.82) is 5.26 Å². The Labute approximate surface area is 185 Å². The van der Waals surface area contributed by atoms with Gasteiger partial charge in [-0.25, -0.2) is 4.79 Å². The largest absolute Gasteiger partial charge is 0.489 e. The first-order chi connectivity index (χ1) is 15.4. The van der Waals surface area contributed by atoms with E-state index in [0.29, 0.717) is 17.9 Å². The van der Waals surface area contributed by atoms with E-state index in [4.69, 9.17) is 4.74 Å². The number of nitriles is 1. The Morgan fingerprint density at radius 2 is 1.91 bits per heavy atom. The number of tetrazole rings is 1. The van der Waals surface area contributed by atoms with Gasteiger partial charge in [0, 0.05) is 30.3 Å². The quantitative estimate of drug-likeness (QED) is 0.467. The second-order valence-electron chi connectivity index (χ2n) is 7.44. The molecule has 0 saturated heterocycles. The third-order valence-electron chi connectivity index (χ3n) is 5.37. The van der Waals surface area contributed by atoms with E-state index in [1.807, 2.05) is 63.2 Å². The lowest BCUT2D eigenvalue weighted by Gasteiger charge is -2.13. The summed E-state index contributed by atoms with van der Waals surface area (Å²) in [5.41, 5.74) is 5.24. The number of hydrogen-bond acceptors (Lipinski definition) is 6. The second kappa shape index (κ2) is 8.51. The summed E-state index contributed by atoms with van der Waals surface area (Å²) in [6.07, 6.45) is 0. The van der Waals surface area contributed by atoms with Crippen LogP contribution in [0.5, 0.6) is 5.75 Å². The number of para-hydroxylation sites is 1. The van der Waals surface area contributed by atoms with Crippen molar-refractivity contribution in [3.8, 4) is 28.8 Å². The van der Waals surface area contributed by atoms with Gasteiger partial charge in [-0.05, 0) is 61.0 Å². The smallest absolute Gasteiger partial charge is 0.368 e. The van der Waals surface area contributed by atoms with Crippen LogP contribution in [0.25, 0.3) is 16.9 Å². The number of aromatic nitrogens is 6. The molecule has 0 aliphatic carbocycles. The van der Waals surface area contributed by atoms with Gasteiger partial charge in [0.25, 0.3) is 0 Å². The molecule has 0 radical (unpaired) electrons. The van der Waals surface area contributed by atoms with Crippen LogP contribution in [0.1, 0.15) is 29.3 Å². The molecule has 0 amide bonds. The summed E-state index contributed by atoms with van der Waals surface area (Å²) in [7, 11) is 1.56. The fourth-order valence-electron chi connectivity index (χ4n) is 3.61. The molecule has 2 heterocycles. The Balaban J connectivity index is 1.60. The third kappa shape index (κ3) is 3.67. The minimum atomic E-state index is -0.323.